The van der Waals surface area contributed by atoms with Gasteiger partial charge in [-0.15, -0.1) is 0 Å². The summed E-state index contributed by atoms with van der Waals surface area (Å²) in [6, 6.07) is 6.98. The first-order chi connectivity index (χ1) is 9.92. The first-order valence-corrected chi connectivity index (χ1v) is 7.14. The number of carbonyl (C=O) groups is 2. The second-order valence-corrected chi connectivity index (χ2v) is 5.86. The highest BCUT2D eigenvalue weighted by atomic mass is 16.5. The van der Waals surface area contributed by atoms with Crippen LogP contribution < -0.4 is 5.32 Å². The molecule has 5 heteroatoms. The van der Waals surface area contributed by atoms with Crippen LogP contribution in [-0.2, 0) is 14.3 Å². The summed E-state index contributed by atoms with van der Waals surface area (Å²) in [4.78, 5) is 23.4. The lowest BCUT2D eigenvalue weighted by molar-refractivity contribution is -0.138. The van der Waals surface area contributed by atoms with E-state index in [0.29, 0.717) is 24.5 Å². The normalized spacial score (nSPS) is 23.3. The molecule has 0 spiro atoms. The third-order valence-electron chi connectivity index (χ3n) is 4.00. The van der Waals surface area contributed by atoms with Crippen LogP contribution in [0.25, 0.3) is 0 Å². The summed E-state index contributed by atoms with van der Waals surface area (Å²) in [6.07, 6.45) is 1.67. The summed E-state index contributed by atoms with van der Waals surface area (Å²) in [7, 11) is 0. The average Bonchev–Trinajstić information content (AvgIpc) is 2.47. The maximum absolute atomic E-state index is 12.4. The minimum absolute atomic E-state index is 0.0812. The van der Waals surface area contributed by atoms with E-state index in [9.17, 15) is 9.59 Å². The second-order valence-electron chi connectivity index (χ2n) is 5.86. The van der Waals surface area contributed by atoms with Crippen molar-refractivity contribution in [1.29, 1.82) is 0 Å². The van der Waals surface area contributed by atoms with Gasteiger partial charge in [-0.05, 0) is 44.4 Å². The number of benzene rings is 1. The number of hydrogen-bond acceptors (Lipinski definition) is 3. The lowest BCUT2D eigenvalue weighted by Gasteiger charge is -2.31. The summed E-state index contributed by atoms with van der Waals surface area (Å²) in [6.45, 7) is 4.64. The van der Waals surface area contributed by atoms with Gasteiger partial charge in [0.2, 0.25) is 5.91 Å². The number of amides is 1. The molecule has 0 aromatic heterocycles. The maximum atomic E-state index is 12.4. The summed E-state index contributed by atoms with van der Waals surface area (Å²) in [5, 5.41) is 11.9. The van der Waals surface area contributed by atoms with Crippen LogP contribution in [0.5, 0.6) is 0 Å². The fraction of sp³-hybridized carbons (Fsp3) is 0.500. The van der Waals surface area contributed by atoms with Crippen LogP contribution in [0, 0.1) is 5.41 Å². The minimum Gasteiger partial charge on any atom is -0.481 e. The number of ether oxygens (including phenoxy) is 1. The highest BCUT2D eigenvalue weighted by Crippen LogP contribution is 2.30. The van der Waals surface area contributed by atoms with Crippen LogP contribution in [0.3, 0.4) is 0 Å². The van der Waals surface area contributed by atoms with Crippen LogP contribution in [0.2, 0.25) is 0 Å². The summed E-state index contributed by atoms with van der Waals surface area (Å²) in [5.41, 5.74) is 0.773. The van der Waals surface area contributed by atoms with E-state index in [1.54, 1.807) is 31.2 Å². The minimum atomic E-state index is -0.883. The van der Waals surface area contributed by atoms with Gasteiger partial charge < -0.3 is 15.2 Å². The highest BCUT2D eigenvalue weighted by Gasteiger charge is 2.35. The standard InChI is InChI=1S/C16H21NO4/c1-11(14(18)19)12-5-3-6-13(9-12)17-15(20)16(2)7-4-8-21-10-16/h3,5-6,9,11H,4,7-8,10H2,1-2H3,(H,17,20)(H,18,19). The third-order valence-corrected chi connectivity index (χ3v) is 4.00. The molecular formula is C16H21NO4. The van der Waals surface area contributed by atoms with Gasteiger partial charge in [0.15, 0.2) is 0 Å². The molecule has 2 atom stereocenters. The molecule has 2 rings (SSSR count). The van der Waals surface area contributed by atoms with Crippen LogP contribution in [-0.4, -0.2) is 30.2 Å². The first kappa shape index (κ1) is 15.5. The van der Waals surface area contributed by atoms with Crippen molar-refractivity contribution in [3.8, 4) is 0 Å². The lowest BCUT2D eigenvalue weighted by Crippen LogP contribution is -2.40. The van der Waals surface area contributed by atoms with E-state index in [-0.39, 0.29) is 5.91 Å². The molecule has 1 aliphatic rings. The molecule has 1 aromatic carbocycles. The number of hydrogen-bond donors (Lipinski definition) is 2. The third kappa shape index (κ3) is 3.61. The topological polar surface area (TPSA) is 75.6 Å². The first-order valence-electron chi connectivity index (χ1n) is 7.14. The van der Waals surface area contributed by atoms with Gasteiger partial charge in [-0.25, -0.2) is 0 Å². The Morgan fingerprint density at radius 1 is 1.43 bits per heavy atom. The molecule has 1 aliphatic heterocycles. The number of carboxylic acid groups (broad SMARTS) is 1. The summed E-state index contributed by atoms with van der Waals surface area (Å²) < 4.78 is 5.40. The maximum Gasteiger partial charge on any atom is 0.310 e. The fourth-order valence-electron chi connectivity index (χ4n) is 2.42. The van der Waals surface area contributed by atoms with Gasteiger partial charge in [0.1, 0.15) is 0 Å². The van der Waals surface area contributed by atoms with Gasteiger partial charge in [0.25, 0.3) is 0 Å². The quantitative estimate of drug-likeness (QED) is 0.894. The molecule has 0 aliphatic carbocycles. The van der Waals surface area contributed by atoms with E-state index in [2.05, 4.69) is 5.32 Å². The molecule has 0 saturated carbocycles. The molecule has 1 heterocycles. The number of anilines is 1. The van der Waals surface area contributed by atoms with Crippen molar-refractivity contribution in [2.75, 3.05) is 18.5 Å². The lowest BCUT2D eigenvalue weighted by atomic mass is 9.84. The largest absolute Gasteiger partial charge is 0.481 e. The molecule has 1 fully saturated rings. The monoisotopic (exact) mass is 291 g/mol. The number of carboxylic acids is 1. The van der Waals surface area contributed by atoms with E-state index in [0.717, 1.165) is 12.8 Å². The van der Waals surface area contributed by atoms with E-state index < -0.39 is 17.3 Å². The Hall–Kier alpha value is -1.88. The number of rotatable bonds is 4. The van der Waals surface area contributed by atoms with E-state index in [4.69, 9.17) is 9.84 Å². The van der Waals surface area contributed by atoms with Gasteiger partial charge in [-0.2, -0.15) is 0 Å². The molecule has 1 saturated heterocycles. The molecule has 21 heavy (non-hydrogen) atoms. The zero-order valence-electron chi connectivity index (χ0n) is 12.4. The second kappa shape index (κ2) is 6.26. The van der Waals surface area contributed by atoms with Gasteiger partial charge in [-0.3, -0.25) is 9.59 Å². The smallest absolute Gasteiger partial charge is 0.310 e. The Labute approximate surface area is 124 Å². The van der Waals surface area contributed by atoms with Crippen molar-refractivity contribution in [3.05, 3.63) is 29.8 Å². The molecule has 0 bridgehead atoms. The van der Waals surface area contributed by atoms with Crippen LogP contribution in [0.15, 0.2) is 24.3 Å². The molecular weight excluding hydrogens is 270 g/mol. The highest BCUT2D eigenvalue weighted by molar-refractivity contribution is 5.95. The van der Waals surface area contributed by atoms with Crippen LogP contribution in [0.1, 0.15) is 38.2 Å². The van der Waals surface area contributed by atoms with Crippen molar-refractivity contribution in [2.45, 2.75) is 32.6 Å². The zero-order valence-corrected chi connectivity index (χ0v) is 12.4. The molecule has 2 N–H and O–H groups in total. The molecule has 0 radical (unpaired) electrons. The Morgan fingerprint density at radius 2 is 2.19 bits per heavy atom. The number of aliphatic carboxylic acids is 1. The summed E-state index contributed by atoms with van der Waals surface area (Å²) in [5.74, 6) is -1.57. The molecule has 114 valence electrons. The van der Waals surface area contributed by atoms with E-state index >= 15 is 0 Å². The molecule has 2 unspecified atom stereocenters. The Bertz CT molecular complexity index is 535. The predicted molar refractivity (Wildman–Crippen MR) is 79.3 cm³/mol. The number of carbonyl (C=O) groups excluding carboxylic acids is 1. The van der Waals surface area contributed by atoms with Gasteiger partial charge in [-0.1, -0.05) is 12.1 Å². The van der Waals surface area contributed by atoms with Crippen LogP contribution >= 0.6 is 0 Å². The van der Waals surface area contributed by atoms with E-state index in [1.807, 2.05) is 6.92 Å². The van der Waals surface area contributed by atoms with Crippen molar-refractivity contribution in [1.82, 2.24) is 0 Å². The average molecular weight is 291 g/mol. The molecule has 1 aromatic rings. The van der Waals surface area contributed by atoms with Crippen LogP contribution in [0.4, 0.5) is 5.69 Å². The van der Waals surface area contributed by atoms with Crippen molar-refractivity contribution in [2.24, 2.45) is 5.41 Å². The van der Waals surface area contributed by atoms with Gasteiger partial charge >= 0.3 is 5.97 Å². The Balaban J connectivity index is 2.10. The van der Waals surface area contributed by atoms with Gasteiger partial charge in [0.05, 0.1) is 17.9 Å². The van der Waals surface area contributed by atoms with Crippen molar-refractivity contribution >= 4 is 17.6 Å². The van der Waals surface area contributed by atoms with Crippen molar-refractivity contribution < 1.29 is 19.4 Å². The zero-order chi connectivity index (χ0) is 15.5. The Morgan fingerprint density at radius 3 is 2.81 bits per heavy atom. The number of nitrogens with one attached hydrogen (secondary N) is 1. The molecule has 1 amide bonds. The van der Waals surface area contributed by atoms with Crippen molar-refractivity contribution in [3.63, 3.8) is 0 Å². The predicted octanol–water partition coefficient (Wildman–Crippen LogP) is 2.63. The Kier molecular flexibility index (Phi) is 4.63. The van der Waals surface area contributed by atoms with Gasteiger partial charge in [0, 0.05) is 12.3 Å². The SMILES string of the molecule is CC(C(=O)O)c1cccc(NC(=O)C2(C)CCCOC2)c1. The fourth-order valence-corrected chi connectivity index (χ4v) is 2.42. The van der Waals surface area contributed by atoms with E-state index in [1.165, 1.54) is 0 Å². The molecule has 5 nitrogen and oxygen atoms in total. The summed E-state index contributed by atoms with van der Waals surface area (Å²) >= 11 is 0.